The number of hydrogen-bond acceptors (Lipinski definition) is 10. The van der Waals surface area contributed by atoms with Crippen LogP contribution in [-0.4, -0.2) is 91.0 Å². The van der Waals surface area contributed by atoms with Gasteiger partial charge in [0.2, 0.25) is 0 Å². The maximum absolute atomic E-state index is 12.3. The van der Waals surface area contributed by atoms with Crippen LogP contribution >= 0.6 is 0 Å². The van der Waals surface area contributed by atoms with Crippen LogP contribution in [0.2, 0.25) is 0 Å². The summed E-state index contributed by atoms with van der Waals surface area (Å²) in [5.41, 5.74) is 0.690. The maximum atomic E-state index is 12.3. The monoisotopic (exact) mass is 547 g/mol. The molecule has 5 rings (SSSR count). The minimum absolute atomic E-state index is 0.110. The van der Waals surface area contributed by atoms with Gasteiger partial charge in [0.15, 0.2) is 18.0 Å². The molecule has 1 N–H and O–H groups in total. The predicted molar refractivity (Wildman–Crippen MR) is 138 cm³/mol. The quantitative estimate of drug-likeness (QED) is 0.415. The van der Waals surface area contributed by atoms with E-state index in [1.165, 1.54) is 20.8 Å². The summed E-state index contributed by atoms with van der Waals surface area (Å²) in [6.45, 7) is 7.24. The molecule has 5 aliphatic rings. The lowest BCUT2D eigenvalue weighted by Crippen LogP contribution is -2.60. The lowest BCUT2D eigenvalue weighted by molar-refractivity contribution is -0.232. The van der Waals surface area contributed by atoms with E-state index in [0.717, 1.165) is 24.0 Å². The highest BCUT2D eigenvalue weighted by Crippen LogP contribution is 2.64. The lowest BCUT2D eigenvalue weighted by Gasteiger charge is -2.48. The van der Waals surface area contributed by atoms with Gasteiger partial charge >= 0.3 is 17.9 Å². The highest BCUT2D eigenvalue weighted by Gasteiger charge is 2.65. The average Bonchev–Trinajstić information content (AvgIpc) is 3.37. The van der Waals surface area contributed by atoms with Gasteiger partial charge in [0.25, 0.3) is 0 Å². The van der Waals surface area contributed by atoms with Crippen LogP contribution in [0.15, 0.2) is 22.8 Å². The largest absolute Gasteiger partial charge is 0.458 e. The molecule has 10 heteroatoms. The Kier molecular flexibility index (Phi) is 7.23. The van der Waals surface area contributed by atoms with Crippen molar-refractivity contribution in [2.24, 2.45) is 11.3 Å². The number of allylic oxidation sites excluding steroid dienone is 1. The van der Waals surface area contributed by atoms with Crippen molar-refractivity contribution in [2.45, 2.75) is 102 Å². The van der Waals surface area contributed by atoms with Crippen LogP contribution in [0.25, 0.3) is 0 Å². The third-order valence-electron chi connectivity index (χ3n) is 9.66. The summed E-state index contributed by atoms with van der Waals surface area (Å²) >= 11 is 0. The zero-order valence-electron chi connectivity index (χ0n) is 23.8. The Morgan fingerprint density at radius 1 is 0.974 bits per heavy atom. The standard InChI is InChI=1S/C29H41NO9/c1-16(31)37-24-15-27(4)21(8-10-29(27)35-11-12-36-29)19-7-9-28(34)14-23(30(5)6)26(39-18(3)33)25(38-17(2)32)22(28)13-20(19)24/h13,21,23-26,34H,7-12,14-15H2,1-6H3/t21-,23-,24?,25+,26+,27-,28+/m0/s1. The van der Waals surface area contributed by atoms with E-state index < -0.39 is 53.0 Å². The van der Waals surface area contributed by atoms with Gasteiger partial charge in [-0.3, -0.25) is 14.4 Å². The zero-order chi connectivity index (χ0) is 28.3. The molecule has 2 saturated carbocycles. The van der Waals surface area contributed by atoms with E-state index in [2.05, 4.69) is 6.92 Å². The molecule has 0 amide bonds. The summed E-state index contributed by atoms with van der Waals surface area (Å²) in [6, 6.07) is -0.389. The van der Waals surface area contributed by atoms with Gasteiger partial charge in [-0.25, -0.2) is 0 Å². The number of ether oxygens (including phenoxy) is 5. The molecule has 4 aliphatic carbocycles. The Labute approximate surface area is 229 Å². The predicted octanol–water partition coefficient (Wildman–Crippen LogP) is 2.43. The molecule has 216 valence electrons. The highest BCUT2D eigenvalue weighted by atomic mass is 16.7. The molecule has 39 heavy (non-hydrogen) atoms. The number of carbonyl (C=O) groups is 3. The number of esters is 3. The molecule has 1 heterocycles. The Balaban J connectivity index is 1.65. The minimum Gasteiger partial charge on any atom is -0.458 e. The number of likely N-dealkylation sites (N-methyl/N-ethyl adjacent to an activating group) is 1. The lowest BCUT2D eigenvalue weighted by atomic mass is 9.63. The van der Waals surface area contributed by atoms with Crippen LogP contribution in [0.3, 0.4) is 0 Å². The zero-order valence-corrected chi connectivity index (χ0v) is 23.8. The Morgan fingerprint density at radius 2 is 1.62 bits per heavy atom. The van der Waals surface area contributed by atoms with Gasteiger partial charge < -0.3 is 33.7 Å². The molecule has 1 spiro atoms. The van der Waals surface area contributed by atoms with Gasteiger partial charge in [0.1, 0.15) is 6.10 Å². The normalized spacial score (nSPS) is 38.9. The van der Waals surface area contributed by atoms with Crippen LogP contribution in [0, 0.1) is 11.3 Å². The van der Waals surface area contributed by atoms with Crippen LogP contribution < -0.4 is 0 Å². The summed E-state index contributed by atoms with van der Waals surface area (Å²) < 4.78 is 30.0. The summed E-state index contributed by atoms with van der Waals surface area (Å²) in [7, 11) is 3.71. The number of aliphatic hydroxyl groups is 1. The van der Waals surface area contributed by atoms with Gasteiger partial charge in [0.05, 0.1) is 24.9 Å². The minimum atomic E-state index is -1.32. The van der Waals surface area contributed by atoms with E-state index in [-0.39, 0.29) is 12.0 Å². The van der Waals surface area contributed by atoms with Crippen LogP contribution in [0.4, 0.5) is 0 Å². The molecular weight excluding hydrogens is 506 g/mol. The third-order valence-corrected chi connectivity index (χ3v) is 9.66. The number of carbonyl (C=O) groups excluding carboxylic acids is 3. The molecule has 1 aliphatic heterocycles. The van der Waals surface area contributed by atoms with E-state index in [4.69, 9.17) is 23.7 Å². The van der Waals surface area contributed by atoms with Crippen molar-refractivity contribution in [1.82, 2.24) is 4.90 Å². The molecule has 0 aromatic carbocycles. The number of hydrogen-bond donors (Lipinski definition) is 1. The first-order valence-corrected chi connectivity index (χ1v) is 13.9. The van der Waals surface area contributed by atoms with Crippen molar-refractivity contribution in [2.75, 3.05) is 27.3 Å². The highest BCUT2D eigenvalue weighted by molar-refractivity contribution is 5.69. The fraction of sp³-hybridized carbons (Fsp3) is 0.759. The average molecular weight is 548 g/mol. The van der Waals surface area contributed by atoms with Crippen LogP contribution in [0.1, 0.15) is 66.2 Å². The van der Waals surface area contributed by atoms with Crippen LogP contribution in [0.5, 0.6) is 0 Å². The fourth-order valence-corrected chi connectivity index (χ4v) is 8.02. The topological polar surface area (TPSA) is 121 Å². The Hall–Kier alpha value is -2.27. The van der Waals surface area contributed by atoms with Crippen molar-refractivity contribution >= 4 is 17.9 Å². The first kappa shape index (κ1) is 28.3. The van der Waals surface area contributed by atoms with Gasteiger partial charge in [-0.05, 0) is 63.8 Å². The maximum Gasteiger partial charge on any atom is 0.303 e. The molecule has 1 unspecified atom stereocenters. The molecule has 0 aromatic rings. The Morgan fingerprint density at radius 3 is 2.21 bits per heavy atom. The summed E-state index contributed by atoms with van der Waals surface area (Å²) in [6.07, 6.45) is 2.83. The number of fused-ring (bicyclic) bond motifs is 4. The van der Waals surface area contributed by atoms with Gasteiger partial charge in [-0.1, -0.05) is 12.5 Å². The summed E-state index contributed by atoms with van der Waals surface area (Å²) in [4.78, 5) is 38.7. The molecule has 3 fully saturated rings. The molecule has 0 bridgehead atoms. The Bertz CT molecular complexity index is 1110. The second-order valence-electron chi connectivity index (χ2n) is 12.2. The van der Waals surface area contributed by atoms with Crippen molar-refractivity contribution in [3.63, 3.8) is 0 Å². The van der Waals surface area contributed by atoms with E-state index in [1.54, 1.807) is 0 Å². The van der Waals surface area contributed by atoms with E-state index in [9.17, 15) is 19.5 Å². The van der Waals surface area contributed by atoms with Gasteiger partial charge in [-0.15, -0.1) is 0 Å². The van der Waals surface area contributed by atoms with Crippen molar-refractivity contribution < 1.29 is 43.2 Å². The molecule has 10 nitrogen and oxygen atoms in total. The number of rotatable bonds is 4. The van der Waals surface area contributed by atoms with E-state index in [1.807, 2.05) is 25.1 Å². The van der Waals surface area contributed by atoms with Crippen molar-refractivity contribution in [1.29, 1.82) is 0 Å². The molecule has 7 atom stereocenters. The van der Waals surface area contributed by atoms with Crippen molar-refractivity contribution in [3.05, 3.63) is 22.8 Å². The first-order valence-electron chi connectivity index (χ1n) is 13.9. The molecule has 0 radical (unpaired) electrons. The molecular formula is C29H41NO9. The first-order chi connectivity index (χ1) is 18.3. The second-order valence-corrected chi connectivity index (χ2v) is 12.2. The van der Waals surface area contributed by atoms with Gasteiger partial charge in [-0.2, -0.15) is 0 Å². The fourth-order valence-electron chi connectivity index (χ4n) is 8.02. The molecule has 1 saturated heterocycles. The number of nitrogens with zero attached hydrogens (tertiary/aromatic N) is 1. The van der Waals surface area contributed by atoms with E-state index >= 15 is 0 Å². The SMILES string of the molecule is CC(=O)OC1C[C@@]2(C)[C@@H](CCC23OCCO3)C2=C1C=C1[C@@H](OC(C)=O)[C@H](OC(C)=O)[C@@H](N(C)C)C[C@]1(O)CC2. The van der Waals surface area contributed by atoms with Crippen LogP contribution in [-0.2, 0) is 38.1 Å². The van der Waals surface area contributed by atoms with Gasteiger partial charge in [0, 0.05) is 38.2 Å². The van der Waals surface area contributed by atoms with E-state index in [0.29, 0.717) is 44.5 Å². The van der Waals surface area contributed by atoms with Crippen molar-refractivity contribution in [3.8, 4) is 0 Å². The summed E-state index contributed by atoms with van der Waals surface area (Å²) in [5, 5.41) is 12.2. The smallest absolute Gasteiger partial charge is 0.303 e. The third kappa shape index (κ3) is 4.63. The summed E-state index contributed by atoms with van der Waals surface area (Å²) in [5.74, 6) is -2.06. The molecule has 0 aromatic heterocycles. The second kappa shape index (κ2) is 9.98.